The molecule has 6 heteroatoms. The fourth-order valence-corrected chi connectivity index (χ4v) is 4.73. The Labute approximate surface area is 288 Å². The molecule has 0 atom stereocenters. The highest BCUT2D eigenvalue weighted by atomic mass is 16.7. The summed E-state index contributed by atoms with van der Waals surface area (Å²) in [5.41, 5.74) is 4.43. The first-order chi connectivity index (χ1) is 20.9. The van der Waals surface area contributed by atoms with Crippen LogP contribution in [0.3, 0.4) is 0 Å². The topological polar surface area (TPSA) is 63.2 Å². The minimum Gasteiger partial charge on any atom is -0.497 e. The van der Waals surface area contributed by atoms with E-state index in [1.807, 2.05) is 41.5 Å². The smallest absolute Gasteiger partial charge is 0.497 e. The summed E-state index contributed by atoms with van der Waals surface area (Å²) in [6.07, 6.45) is 0.293. The van der Waals surface area contributed by atoms with Crippen LogP contribution >= 0.6 is 0 Å². The Morgan fingerprint density at radius 2 is 0.957 bits per heavy atom. The number of ether oxygens (including phenoxy) is 5. The van der Waals surface area contributed by atoms with Crippen LogP contribution in [0.4, 0.5) is 4.79 Å². The number of hydrogen-bond donors (Lipinski definition) is 0. The number of rotatable bonds is 6. The molecule has 0 amide bonds. The van der Waals surface area contributed by atoms with E-state index in [1.165, 1.54) is 5.56 Å². The molecule has 0 unspecified atom stereocenters. The van der Waals surface area contributed by atoms with E-state index in [-0.39, 0.29) is 34.1 Å². The highest BCUT2D eigenvalue weighted by Crippen LogP contribution is 2.43. The van der Waals surface area contributed by atoms with E-state index >= 15 is 0 Å². The SMILES string of the molecule is CCc1cc(C(C)(C)C)c(OC(=O)OC(C)(C)C)c(C(C)(C)C)c1.COc1cc(C(C)(C)C)c(OCOC(C)(C)C)c(C(C)(C)C)c1. The second-order valence-corrected chi connectivity index (χ2v) is 18.5. The lowest BCUT2D eigenvalue weighted by molar-refractivity contribution is -0.0768. The third-order valence-corrected chi connectivity index (χ3v) is 7.36. The minimum absolute atomic E-state index is 0.0500. The third-order valence-electron chi connectivity index (χ3n) is 7.36. The van der Waals surface area contributed by atoms with Crippen molar-refractivity contribution in [3.63, 3.8) is 0 Å². The van der Waals surface area contributed by atoms with Crippen molar-refractivity contribution in [1.82, 2.24) is 0 Å². The molecule has 6 nitrogen and oxygen atoms in total. The maximum absolute atomic E-state index is 12.3. The van der Waals surface area contributed by atoms with E-state index in [9.17, 15) is 4.79 Å². The zero-order valence-electron chi connectivity index (χ0n) is 33.7. The predicted molar refractivity (Wildman–Crippen MR) is 197 cm³/mol. The molecule has 0 fully saturated rings. The Bertz CT molecular complexity index is 1260. The molecule has 0 aliphatic rings. The molecular weight excluding hydrogens is 588 g/mol. The van der Waals surface area contributed by atoms with Crippen molar-refractivity contribution in [2.75, 3.05) is 13.9 Å². The lowest BCUT2D eigenvalue weighted by Gasteiger charge is -2.31. The molecule has 2 rings (SSSR count). The summed E-state index contributed by atoms with van der Waals surface area (Å²) in [6.45, 7) is 39.9. The maximum Gasteiger partial charge on any atom is 0.514 e. The van der Waals surface area contributed by atoms with Crippen molar-refractivity contribution >= 4 is 6.16 Å². The van der Waals surface area contributed by atoms with Crippen LogP contribution in [0.25, 0.3) is 0 Å². The van der Waals surface area contributed by atoms with E-state index in [0.717, 1.165) is 40.2 Å². The third kappa shape index (κ3) is 13.7. The second kappa shape index (κ2) is 15.2. The van der Waals surface area contributed by atoms with Crippen LogP contribution in [0, 0.1) is 0 Å². The van der Waals surface area contributed by atoms with E-state index in [2.05, 4.69) is 114 Å². The van der Waals surface area contributed by atoms with Crippen LogP contribution in [0.15, 0.2) is 24.3 Å². The predicted octanol–water partition coefficient (Wildman–Crippen LogP) is 11.6. The summed E-state index contributed by atoms with van der Waals surface area (Å²) in [4.78, 5) is 12.3. The Morgan fingerprint density at radius 1 is 0.574 bits per heavy atom. The molecule has 0 spiro atoms. The normalized spacial score (nSPS) is 13.0. The highest BCUT2D eigenvalue weighted by molar-refractivity contribution is 5.67. The first-order valence-electron chi connectivity index (χ1n) is 17.0. The summed E-state index contributed by atoms with van der Waals surface area (Å²) in [5, 5.41) is 0. The number of carbonyl (C=O) groups is 1. The highest BCUT2D eigenvalue weighted by Gasteiger charge is 2.31. The van der Waals surface area contributed by atoms with Gasteiger partial charge in [-0.25, -0.2) is 4.79 Å². The lowest BCUT2D eigenvalue weighted by atomic mass is 9.78. The van der Waals surface area contributed by atoms with Crippen molar-refractivity contribution in [1.29, 1.82) is 0 Å². The standard InChI is InChI=1S/C21H34O3.C20H34O3/c1-11-14-12-15(19(2,3)4)17(16(13-14)20(5,6)7)23-18(22)24-21(8,9)10;1-18(2,3)15-11-14(21-10)12-16(19(4,5)6)17(15)22-13-23-20(7,8)9/h12-13H,11H2,1-10H3;11-12H,13H2,1-10H3. The van der Waals surface area contributed by atoms with Gasteiger partial charge in [-0.1, -0.05) is 102 Å². The number of benzene rings is 2. The fraction of sp³-hybridized carbons (Fsp3) is 0.683. The molecule has 0 heterocycles. The Kier molecular flexibility index (Phi) is 13.7. The summed E-state index contributed by atoms with van der Waals surface area (Å²) in [5.74, 6) is 2.42. The van der Waals surface area contributed by atoms with Gasteiger partial charge in [-0.2, -0.15) is 0 Å². The molecule has 268 valence electrons. The van der Waals surface area contributed by atoms with E-state index < -0.39 is 11.8 Å². The van der Waals surface area contributed by atoms with Crippen molar-refractivity contribution in [3.8, 4) is 17.2 Å². The quantitative estimate of drug-likeness (QED) is 0.175. The average Bonchev–Trinajstić information content (AvgIpc) is 2.84. The lowest BCUT2D eigenvalue weighted by Crippen LogP contribution is -2.28. The van der Waals surface area contributed by atoms with Gasteiger partial charge < -0.3 is 23.7 Å². The molecule has 0 saturated heterocycles. The van der Waals surface area contributed by atoms with E-state index in [1.54, 1.807) is 7.11 Å². The molecule has 0 N–H and O–H groups in total. The van der Waals surface area contributed by atoms with Crippen LogP contribution in [0.5, 0.6) is 17.2 Å². The monoisotopic (exact) mass is 657 g/mol. The number of carbonyl (C=O) groups excluding carboxylic acids is 1. The Morgan fingerprint density at radius 3 is 1.26 bits per heavy atom. The van der Waals surface area contributed by atoms with Gasteiger partial charge >= 0.3 is 6.16 Å². The van der Waals surface area contributed by atoms with Crippen LogP contribution in [0.1, 0.15) is 159 Å². The summed E-state index contributed by atoms with van der Waals surface area (Å²) in [6, 6.07) is 8.44. The van der Waals surface area contributed by atoms with Crippen LogP contribution in [0.2, 0.25) is 0 Å². The molecule has 47 heavy (non-hydrogen) atoms. The zero-order chi connectivity index (χ0) is 37.0. The van der Waals surface area contributed by atoms with Gasteiger partial charge in [0.05, 0.1) is 12.7 Å². The molecule has 2 aromatic rings. The van der Waals surface area contributed by atoms with Gasteiger partial charge in [0.2, 0.25) is 0 Å². The van der Waals surface area contributed by atoms with Crippen molar-refractivity contribution < 1.29 is 28.5 Å². The summed E-state index contributed by atoms with van der Waals surface area (Å²) < 4.78 is 28.5. The van der Waals surface area contributed by atoms with E-state index in [0.29, 0.717) is 5.75 Å². The van der Waals surface area contributed by atoms with Gasteiger partial charge in [-0.05, 0) is 87.3 Å². The van der Waals surface area contributed by atoms with Crippen molar-refractivity contribution in [2.24, 2.45) is 0 Å². The molecule has 0 aliphatic heterocycles. The largest absolute Gasteiger partial charge is 0.514 e. The van der Waals surface area contributed by atoms with Gasteiger partial charge in [0.1, 0.15) is 22.8 Å². The fourth-order valence-electron chi connectivity index (χ4n) is 4.73. The number of methoxy groups -OCH3 is 1. The second-order valence-electron chi connectivity index (χ2n) is 18.5. The molecule has 0 bridgehead atoms. The van der Waals surface area contributed by atoms with Gasteiger partial charge in [0, 0.05) is 22.3 Å². The molecular formula is C41H68O6. The van der Waals surface area contributed by atoms with Crippen LogP contribution in [-0.2, 0) is 37.6 Å². The molecule has 0 saturated carbocycles. The zero-order valence-corrected chi connectivity index (χ0v) is 33.7. The van der Waals surface area contributed by atoms with Crippen LogP contribution in [-0.4, -0.2) is 31.3 Å². The molecule has 0 aliphatic carbocycles. The average molecular weight is 657 g/mol. The van der Waals surface area contributed by atoms with Gasteiger partial charge in [0.25, 0.3) is 0 Å². The van der Waals surface area contributed by atoms with Crippen molar-refractivity contribution in [2.45, 2.75) is 171 Å². The van der Waals surface area contributed by atoms with Gasteiger partial charge in [-0.15, -0.1) is 0 Å². The summed E-state index contributed by atoms with van der Waals surface area (Å²) >= 11 is 0. The first kappa shape index (κ1) is 42.3. The number of hydrogen-bond acceptors (Lipinski definition) is 6. The maximum atomic E-state index is 12.3. The Balaban J connectivity index is 0.000000470. The first-order valence-corrected chi connectivity index (χ1v) is 17.0. The minimum atomic E-state index is -0.650. The number of aryl methyl sites for hydroxylation is 1. The van der Waals surface area contributed by atoms with E-state index in [4.69, 9.17) is 23.7 Å². The Hall–Kier alpha value is -2.73. The molecule has 0 radical (unpaired) electrons. The molecule has 0 aromatic heterocycles. The van der Waals surface area contributed by atoms with Crippen molar-refractivity contribution in [3.05, 3.63) is 52.1 Å². The van der Waals surface area contributed by atoms with Gasteiger partial charge in [0.15, 0.2) is 6.79 Å². The van der Waals surface area contributed by atoms with Crippen LogP contribution < -0.4 is 14.2 Å². The molecule has 2 aromatic carbocycles. The van der Waals surface area contributed by atoms with Gasteiger partial charge in [-0.3, -0.25) is 0 Å². The summed E-state index contributed by atoms with van der Waals surface area (Å²) in [7, 11) is 1.71.